The summed E-state index contributed by atoms with van der Waals surface area (Å²) >= 11 is 2.38. The molecule has 1 aromatic carbocycles. The SMILES string of the molecule is Cc1nc(COc2ccccc2C(=O)NCCN2C(=O)S/C(=C\c3cccs3)C2=O)no1. The quantitative estimate of drug-likeness (QED) is 0.498. The van der Waals surface area contributed by atoms with Crippen molar-refractivity contribution in [2.24, 2.45) is 0 Å². The predicted molar refractivity (Wildman–Crippen MR) is 119 cm³/mol. The molecule has 0 spiro atoms. The van der Waals surface area contributed by atoms with E-state index in [9.17, 15) is 14.4 Å². The molecule has 32 heavy (non-hydrogen) atoms. The van der Waals surface area contributed by atoms with Crippen molar-refractivity contribution in [3.8, 4) is 5.75 Å². The van der Waals surface area contributed by atoms with Gasteiger partial charge in [-0.1, -0.05) is 23.4 Å². The Hall–Kier alpha value is -3.44. The van der Waals surface area contributed by atoms with Crippen LogP contribution in [0, 0.1) is 6.92 Å². The van der Waals surface area contributed by atoms with Crippen LogP contribution >= 0.6 is 23.1 Å². The van der Waals surface area contributed by atoms with Crippen molar-refractivity contribution in [1.82, 2.24) is 20.4 Å². The Morgan fingerprint density at radius 3 is 2.84 bits per heavy atom. The molecule has 0 atom stereocenters. The first-order valence-electron chi connectivity index (χ1n) is 9.59. The van der Waals surface area contributed by atoms with E-state index in [-0.39, 0.29) is 36.7 Å². The lowest BCUT2D eigenvalue weighted by atomic mass is 10.2. The van der Waals surface area contributed by atoms with Gasteiger partial charge in [-0.2, -0.15) is 4.98 Å². The molecule has 1 saturated heterocycles. The van der Waals surface area contributed by atoms with Gasteiger partial charge in [-0.3, -0.25) is 19.3 Å². The molecule has 1 aliphatic heterocycles. The minimum atomic E-state index is -0.383. The number of rotatable bonds is 8. The summed E-state index contributed by atoms with van der Waals surface area (Å²) in [6, 6.07) is 10.5. The Morgan fingerprint density at radius 2 is 2.09 bits per heavy atom. The maximum absolute atomic E-state index is 12.6. The average Bonchev–Trinajstić information content (AvgIpc) is 3.51. The highest BCUT2D eigenvalue weighted by Gasteiger charge is 2.34. The number of thiophene rings is 1. The lowest BCUT2D eigenvalue weighted by Crippen LogP contribution is -2.37. The fraction of sp³-hybridized carbons (Fsp3) is 0.190. The topological polar surface area (TPSA) is 115 Å². The third-order valence-corrected chi connectivity index (χ3v) is 6.10. The zero-order valence-electron chi connectivity index (χ0n) is 16.9. The van der Waals surface area contributed by atoms with E-state index in [1.165, 1.54) is 11.3 Å². The number of nitrogens with one attached hydrogen (secondary N) is 1. The van der Waals surface area contributed by atoms with E-state index in [4.69, 9.17) is 9.26 Å². The van der Waals surface area contributed by atoms with E-state index in [2.05, 4.69) is 15.5 Å². The van der Waals surface area contributed by atoms with Crippen LogP contribution in [-0.4, -0.2) is 45.2 Å². The van der Waals surface area contributed by atoms with Crippen LogP contribution in [0.5, 0.6) is 5.75 Å². The maximum Gasteiger partial charge on any atom is 0.293 e. The fourth-order valence-corrected chi connectivity index (χ4v) is 4.48. The molecule has 3 amide bonds. The molecule has 2 aromatic heterocycles. The van der Waals surface area contributed by atoms with Gasteiger partial charge in [0.05, 0.1) is 10.5 Å². The third kappa shape index (κ3) is 5.06. The fourth-order valence-electron chi connectivity index (χ4n) is 2.89. The first-order chi connectivity index (χ1) is 15.5. The van der Waals surface area contributed by atoms with Gasteiger partial charge in [-0.25, -0.2) is 0 Å². The number of para-hydroxylation sites is 1. The summed E-state index contributed by atoms with van der Waals surface area (Å²) in [5.74, 6) is 0.408. The van der Waals surface area contributed by atoms with Gasteiger partial charge in [0.15, 0.2) is 6.61 Å². The van der Waals surface area contributed by atoms with Gasteiger partial charge in [-0.05, 0) is 41.4 Å². The zero-order valence-corrected chi connectivity index (χ0v) is 18.6. The molecule has 0 aliphatic carbocycles. The van der Waals surface area contributed by atoms with Crippen molar-refractivity contribution < 1.29 is 23.6 Å². The molecule has 1 N–H and O–H groups in total. The molecule has 0 radical (unpaired) electrons. The molecule has 11 heteroatoms. The molecule has 4 rings (SSSR count). The van der Waals surface area contributed by atoms with E-state index < -0.39 is 0 Å². The van der Waals surface area contributed by atoms with Crippen molar-refractivity contribution in [2.45, 2.75) is 13.5 Å². The molecule has 1 fully saturated rings. The minimum absolute atomic E-state index is 0.0506. The number of hydrogen-bond acceptors (Lipinski definition) is 9. The molecular formula is C21H18N4O5S2. The number of nitrogens with zero attached hydrogens (tertiary/aromatic N) is 3. The first-order valence-corrected chi connectivity index (χ1v) is 11.3. The number of aryl methyl sites for hydroxylation is 1. The van der Waals surface area contributed by atoms with Crippen molar-refractivity contribution in [1.29, 1.82) is 0 Å². The largest absolute Gasteiger partial charge is 0.485 e. The lowest BCUT2D eigenvalue weighted by Gasteiger charge is -2.14. The molecule has 0 bridgehead atoms. The number of amides is 3. The summed E-state index contributed by atoms with van der Waals surface area (Å²) in [5.41, 5.74) is 0.319. The van der Waals surface area contributed by atoms with E-state index in [0.29, 0.717) is 27.9 Å². The number of thioether (sulfide) groups is 1. The van der Waals surface area contributed by atoms with Crippen molar-refractivity contribution in [2.75, 3.05) is 13.1 Å². The van der Waals surface area contributed by atoms with Crippen LogP contribution in [0.1, 0.15) is 27.0 Å². The number of carbonyl (C=O) groups is 3. The van der Waals surface area contributed by atoms with Crippen molar-refractivity contribution in [3.05, 3.63) is 68.8 Å². The van der Waals surface area contributed by atoms with Crippen LogP contribution in [-0.2, 0) is 11.4 Å². The molecule has 9 nitrogen and oxygen atoms in total. The van der Waals surface area contributed by atoms with Crippen molar-refractivity contribution >= 4 is 46.2 Å². The molecule has 0 saturated carbocycles. The molecular weight excluding hydrogens is 452 g/mol. The van der Waals surface area contributed by atoms with Gasteiger partial charge in [0.25, 0.3) is 17.1 Å². The molecule has 0 unspecified atom stereocenters. The van der Waals surface area contributed by atoms with Crippen LogP contribution in [0.2, 0.25) is 0 Å². The Bertz CT molecular complexity index is 1170. The van der Waals surface area contributed by atoms with Gasteiger partial charge >= 0.3 is 0 Å². The zero-order chi connectivity index (χ0) is 22.5. The van der Waals surface area contributed by atoms with Crippen LogP contribution in [0.4, 0.5) is 4.79 Å². The van der Waals surface area contributed by atoms with Gasteiger partial charge in [-0.15, -0.1) is 11.3 Å². The summed E-state index contributed by atoms with van der Waals surface area (Å²) in [6.07, 6.45) is 1.70. The van der Waals surface area contributed by atoms with E-state index in [1.54, 1.807) is 37.3 Å². The highest BCUT2D eigenvalue weighted by molar-refractivity contribution is 8.18. The summed E-state index contributed by atoms with van der Waals surface area (Å²) < 4.78 is 10.6. The normalized spacial score (nSPS) is 14.9. The monoisotopic (exact) mass is 470 g/mol. The summed E-state index contributed by atoms with van der Waals surface area (Å²) in [5, 5.41) is 8.03. The van der Waals surface area contributed by atoms with Gasteiger partial charge in [0.1, 0.15) is 5.75 Å². The maximum atomic E-state index is 12.6. The van der Waals surface area contributed by atoms with E-state index in [0.717, 1.165) is 21.5 Å². The van der Waals surface area contributed by atoms with Crippen molar-refractivity contribution in [3.63, 3.8) is 0 Å². The molecule has 164 valence electrons. The van der Waals surface area contributed by atoms with Gasteiger partial charge in [0.2, 0.25) is 11.7 Å². The number of hydrogen-bond donors (Lipinski definition) is 1. The molecule has 3 heterocycles. The van der Waals surface area contributed by atoms with Crippen LogP contribution in [0.15, 0.2) is 51.2 Å². The predicted octanol–water partition coefficient (Wildman–Crippen LogP) is 3.48. The minimum Gasteiger partial charge on any atom is -0.485 e. The number of carbonyl (C=O) groups excluding carboxylic acids is 3. The molecule has 1 aliphatic rings. The second-order valence-corrected chi connectivity index (χ2v) is 8.59. The van der Waals surface area contributed by atoms with Gasteiger partial charge < -0.3 is 14.6 Å². The van der Waals surface area contributed by atoms with Crippen LogP contribution in [0.3, 0.4) is 0 Å². The smallest absolute Gasteiger partial charge is 0.293 e. The number of imide groups is 1. The highest BCUT2D eigenvalue weighted by Crippen LogP contribution is 2.32. The number of aromatic nitrogens is 2. The summed E-state index contributed by atoms with van der Waals surface area (Å²) in [6.45, 7) is 1.91. The lowest BCUT2D eigenvalue weighted by molar-refractivity contribution is -0.122. The second kappa shape index (κ2) is 9.79. The first kappa shape index (κ1) is 21.8. The Balaban J connectivity index is 1.33. The highest BCUT2D eigenvalue weighted by atomic mass is 32.2. The van der Waals surface area contributed by atoms with Gasteiger partial charge in [0, 0.05) is 24.9 Å². The van der Waals surface area contributed by atoms with E-state index >= 15 is 0 Å². The Kier molecular flexibility index (Phi) is 6.66. The van der Waals surface area contributed by atoms with Crippen LogP contribution < -0.4 is 10.1 Å². The summed E-state index contributed by atoms with van der Waals surface area (Å²) in [4.78, 5) is 43.9. The molecule has 3 aromatic rings. The Morgan fingerprint density at radius 1 is 1.25 bits per heavy atom. The summed E-state index contributed by atoms with van der Waals surface area (Å²) in [7, 11) is 0. The van der Waals surface area contributed by atoms with E-state index in [1.807, 2.05) is 17.5 Å². The number of ether oxygens (including phenoxy) is 1. The van der Waals surface area contributed by atoms with Crippen LogP contribution in [0.25, 0.3) is 6.08 Å². The third-order valence-electron chi connectivity index (χ3n) is 4.37. The number of benzene rings is 1. The standard InChI is InChI=1S/C21H18N4O5S2/c1-13-23-18(24-30-13)12-29-16-7-3-2-6-15(16)19(26)22-8-9-25-20(27)17(32-21(25)28)11-14-5-4-10-31-14/h2-7,10-11H,8-9,12H2,1H3,(H,22,26)/b17-11-. The second-order valence-electron chi connectivity index (χ2n) is 6.62. The Labute approximate surface area is 191 Å². The average molecular weight is 471 g/mol.